The molecule has 19 heavy (non-hydrogen) atoms. The van der Waals surface area contributed by atoms with Crippen LogP contribution in [0.3, 0.4) is 0 Å². The molecule has 0 unspecified atom stereocenters. The molecule has 0 aliphatic rings. The van der Waals surface area contributed by atoms with Crippen molar-refractivity contribution in [2.45, 2.75) is 6.42 Å². The first-order valence-corrected chi connectivity index (χ1v) is 5.97. The summed E-state index contributed by atoms with van der Waals surface area (Å²) in [5, 5.41) is 9.24. The molecule has 6 nitrogen and oxygen atoms in total. The zero-order valence-electron chi connectivity index (χ0n) is 10.9. The van der Waals surface area contributed by atoms with Gasteiger partial charge in [-0.05, 0) is 24.6 Å². The van der Waals surface area contributed by atoms with Crippen LogP contribution in [-0.2, 0) is 14.2 Å². The second-order valence-electron chi connectivity index (χ2n) is 3.87. The van der Waals surface area contributed by atoms with Crippen LogP contribution in [0, 0.1) is 0 Å². The summed E-state index contributed by atoms with van der Waals surface area (Å²) in [6.45, 7) is 1.72. The molecule has 0 radical (unpaired) electrons. The number of carbonyl (C=O) groups excluding carboxylic acids is 1. The summed E-state index contributed by atoms with van der Waals surface area (Å²) < 4.78 is 15.1. The number of ether oxygens (including phenoxy) is 3. The molecule has 0 aliphatic carbocycles. The second kappa shape index (κ2) is 8.34. The maximum absolute atomic E-state index is 11.6. The average molecular weight is 269 g/mol. The largest absolute Gasteiger partial charge is 0.506 e. The Morgan fingerprint density at radius 1 is 1.26 bits per heavy atom. The number of nitrogen functional groups attached to an aromatic ring is 1. The van der Waals surface area contributed by atoms with Crippen molar-refractivity contribution in [3.8, 4) is 5.75 Å². The van der Waals surface area contributed by atoms with Crippen molar-refractivity contribution < 1.29 is 24.1 Å². The first kappa shape index (κ1) is 15.3. The third-order valence-electron chi connectivity index (χ3n) is 2.36. The highest BCUT2D eigenvalue weighted by Gasteiger charge is 2.08. The van der Waals surface area contributed by atoms with Crippen molar-refractivity contribution in [1.82, 2.24) is 0 Å². The number of nitrogens with two attached hydrogens (primary N) is 1. The molecular formula is C13H19NO5. The molecule has 1 aromatic carbocycles. The van der Waals surface area contributed by atoms with E-state index in [0.29, 0.717) is 25.4 Å². The first-order chi connectivity index (χ1) is 9.15. The summed E-state index contributed by atoms with van der Waals surface area (Å²) in [5.41, 5.74) is 5.93. The van der Waals surface area contributed by atoms with Crippen LogP contribution in [0.5, 0.6) is 5.75 Å². The summed E-state index contributed by atoms with van der Waals surface area (Å²) in [5.74, 6) is -0.551. The van der Waals surface area contributed by atoms with Gasteiger partial charge in [0.25, 0.3) is 0 Å². The lowest BCUT2D eigenvalue weighted by atomic mass is 10.2. The fraction of sp³-hybridized carbons (Fsp3) is 0.462. The van der Waals surface area contributed by atoms with Crippen LogP contribution in [0.4, 0.5) is 5.69 Å². The molecule has 0 heterocycles. The summed E-state index contributed by atoms with van der Waals surface area (Å²) >= 11 is 0. The van der Waals surface area contributed by atoms with E-state index in [1.807, 2.05) is 0 Å². The summed E-state index contributed by atoms with van der Waals surface area (Å²) in [6, 6.07) is 4.18. The monoisotopic (exact) mass is 269 g/mol. The number of anilines is 1. The van der Waals surface area contributed by atoms with Crippen LogP contribution >= 0.6 is 0 Å². The third-order valence-corrected chi connectivity index (χ3v) is 2.36. The van der Waals surface area contributed by atoms with Crippen LogP contribution in [0.2, 0.25) is 0 Å². The van der Waals surface area contributed by atoms with E-state index in [0.717, 1.165) is 6.42 Å². The van der Waals surface area contributed by atoms with Crippen molar-refractivity contribution >= 4 is 11.7 Å². The van der Waals surface area contributed by atoms with E-state index in [9.17, 15) is 9.90 Å². The quantitative estimate of drug-likeness (QED) is 0.319. The van der Waals surface area contributed by atoms with E-state index in [4.69, 9.17) is 19.9 Å². The smallest absolute Gasteiger partial charge is 0.338 e. The fourth-order valence-electron chi connectivity index (χ4n) is 1.37. The fourth-order valence-corrected chi connectivity index (χ4v) is 1.37. The summed E-state index contributed by atoms with van der Waals surface area (Å²) in [7, 11) is 1.63. The molecule has 0 amide bonds. The van der Waals surface area contributed by atoms with Crippen molar-refractivity contribution in [3.05, 3.63) is 23.8 Å². The maximum Gasteiger partial charge on any atom is 0.338 e. The number of hydrogen-bond donors (Lipinski definition) is 2. The number of esters is 1. The third kappa shape index (κ3) is 5.58. The van der Waals surface area contributed by atoms with Gasteiger partial charge in [0.15, 0.2) is 0 Å². The van der Waals surface area contributed by atoms with E-state index in [1.54, 1.807) is 7.11 Å². The second-order valence-corrected chi connectivity index (χ2v) is 3.87. The Balaban J connectivity index is 2.22. The van der Waals surface area contributed by atoms with Crippen LogP contribution < -0.4 is 5.73 Å². The number of benzene rings is 1. The Morgan fingerprint density at radius 2 is 2.05 bits per heavy atom. The highest BCUT2D eigenvalue weighted by molar-refractivity contribution is 5.90. The number of aromatic hydroxyl groups is 1. The Hall–Kier alpha value is -1.79. The molecule has 0 aliphatic heterocycles. The van der Waals surface area contributed by atoms with Gasteiger partial charge in [-0.15, -0.1) is 0 Å². The predicted octanol–water partition coefficient (Wildman–Crippen LogP) is 1.18. The predicted molar refractivity (Wildman–Crippen MR) is 70.1 cm³/mol. The van der Waals surface area contributed by atoms with Crippen LogP contribution in [0.25, 0.3) is 0 Å². The molecule has 0 bridgehead atoms. The Labute approximate surface area is 112 Å². The van der Waals surface area contributed by atoms with Crippen molar-refractivity contribution in [2.75, 3.05) is 39.3 Å². The lowest BCUT2D eigenvalue weighted by Crippen LogP contribution is -2.12. The average Bonchev–Trinajstić information content (AvgIpc) is 2.40. The van der Waals surface area contributed by atoms with Gasteiger partial charge in [0, 0.05) is 20.3 Å². The van der Waals surface area contributed by atoms with E-state index >= 15 is 0 Å². The number of hydrogen-bond acceptors (Lipinski definition) is 6. The van der Waals surface area contributed by atoms with Crippen molar-refractivity contribution in [3.63, 3.8) is 0 Å². The van der Waals surface area contributed by atoms with E-state index in [-0.39, 0.29) is 18.0 Å². The van der Waals surface area contributed by atoms with Crippen LogP contribution in [0.1, 0.15) is 16.8 Å². The topological polar surface area (TPSA) is 91.0 Å². The molecular weight excluding hydrogens is 250 g/mol. The SMILES string of the molecule is COCCCOCCOC(=O)c1ccc(O)c(N)c1. The van der Waals surface area contributed by atoms with Gasteiger partial charge in [-0.1, -0.05) is 0 Å². The zero-order chi connectivity index (χ0) is 14.1. The van der Waals surface area contributed by atoms with Gasteiger partial charge in [0.1, 0.15) is 12.4 Å². The molecule has 0 atom stereocenters. The molecule has 6 heteroatoms. The van der Waals surface area contributed by atoms with Gasteiger partial charge in [-0.3, -0.25) is 0 Å². The minimum Gasteiger partial charge on any atom is -0.506 e. The number of rotatable bonds is 8. The molecule has 0 fully saturated rings. The van der Waals surface area contributed by atoms with Crippen molar-refractivity contribution in [1.29, 1.82) is 0 Å². The van der Waals surface area contributed by atoms with Gasteiger partial charge in [0.2, 0.25) is 0 Å². The number of carbonyl (C=O) groups is 1. The Kier molecular flexibility index (Phi) is 6.70. The number of methoxy groups -OCH3 is 1. The van der Waals surface area contributed by atoms with Gasteiger partial charge >= 0.3 is 5.97 Å². The normalized spacial score (nSPS) is 10.4. The van der Waals surface area contributed by atoms with Crippen LogP contribution in [0.15, 0.2) is 18.2 Å². The standard InChI is InChI=1S/C13H19NO5/c1-17-5-2-6-18-7-8-19-13(16)10-3-4-12(15)11(14)9-10/h3-4,9,15H,2,5-8,14H2,1H3. The lowest BCUT2D eigenvalue weighted by Gasteiger charge is -2.07. The van der Waals surface area contributed by atoms with Crippen molar-refractivity contribution in [2.24, 2.45) is 0 Å². The molecule has 3 N–H and O–H groups in total. The minimum atomic E-state index is -0.493. The summed E-state index contributed by atoms with van der Waals surface area (Å²) in [6.07, 6.45) is 0.805. The highest BCUT2D eigenvalue weighted by atomic mass is 16.6. The lowest BCUT2D eigenvalue weighted by molar-refractivity contribution is 0.0288. The number of phenols is 1. The molecule has 0 aromatic heterocycles. The van der Waals surface area contributed by atoms with Gasteiger partial charge in [-0.25, -0.2) is 4.79 Å². The zero-order valence-corrected chi connectivity index (χ0v) is 10.9. The summed E-state index contributed by atoms with van der Waals surface area (Å²) in [4.78, 5) is 11.6. The molecule has 1 aromatic rings. The molecule has 0 saturated carbocycles. The maximum atomic E-state index is 11.6. The van der Waals surface area contributed by atoms with Crippen LogP contribution in [-0.4, -0.2) is 44.6 Å². The molecule has 0 spiro atoms. The van der Waals surface area contributed by atoms with Gasteiger partial charge < -0.3 is 25.1 Å². The highest BCUT2D eigenvalue weighted by Crippen LogP contribution is 2.20. The van der Waals surface area contributed by atoms with E-state index in [2.05, 4.69) is 0 Å². The number of phenolic OH excluding ortho intramolecular Hbond substituents is 1. The molecule has 1 rings (SSSR count). The Morgan fingerprint density at radius 3 is 2.74 bits per heavy atom. The van der Waals surface area contributed by atoms with Gasteiger partial charge in [0.05, 0.1) is 17.9 Å². The Bertz CT molecular complexity index is 408. The van der Waals surface area contributed by atoms with E-state index < -0.39 is 5.97 Å². The molecule has 106 valence electrons. The minimum absolute atomic E-state index is 0.0574. The molecule has 0 saturated heterocycles. The van der Waals surface area contributed by atoms with Gasteiger partial charge in [-0.2, -0.15) is 0 Å². The van der Waals surface area contributed by atoms with E-state index in [1.165, 1.54) is 18.2 Å². The first-order valence-electron chi connectivity index (χ1n) is 5.97.